The highest BCUT2D eigenvalue weighted by molar-refractivity contribution is 5.78. The van der Waals surface area contributed by atoms with E-state index in [1.54, 1.807) is 0 Å². The molecule has 0 spiro atoms. The molecule has 3 rings (SSSR count). The minimum Gasteiger partial charge on any atom is -0.355 e. The molecule has 0 radical (unpaired) electrons. The zero-order valence-electron chi connectivity index (χ0n) is 16.1. The van der Waals surface area contributed by atoms with Gasteiger partial charge in [-0.25, -0.2) is 0 Å². The average Bonchev–Trinajstić information content (AvgIpc) is 2.70. The van der Waals surface area contributed by atoms with Crippen LogP contribution in [0.25, 0.3) is 0 Å². The van der Waals surface area contributed by atoms with Gasteiger partial charge in [-0.15, -0.1) is 0 Å². The quantitative estimate of drug-likeness (QED) is 0.717. The fourth-order valence-electron chi connectivity index (χ4n) is 3.70. The fraction of sp³-hybridized carbons (Fsp3) is 0.435. The number of carbonyl (C=O) groups is 1. The summed E-state index contributed by atoms with van der Waals surface area (Å²) in [6.07, 6.45) is 3.59. The lowest BCUT2D eigenvalue weighted by Gasteiger charge is -2.24. The Morgan fingerprint density at radius 2 is 1.63 bits per heavy atom. The lowest BCUT2D eigenvalue weighted by Crippen LogP contribution is -2.38. The molecule has 1 fully saturated rings. The van der Waals surface area contributed by atoms with E-state index in [1.807, 2.05) is 36.4 Å². The number of rotatable bonds is 9. The summed E-state index contributed by atoms with van der Waals surface area (Å²) in [5.41, 5.74) is 2.46. The molecule has 1 heterocycles. The maximum atomic E-state index is 12.5. The molecule has 1 amide bonds. The molecule has 1 atom stereocenters. The number of benzene rings is 2. The largest absolute Gasteiger partial charge is 0.355 e. The van der Waals surface area contributed by atoms with Crippen LogP contribution in [0.15, 0.2) is 60.7 Å². The van der Waals surface area contributed by atoms with Crippen LogP contribution in [-0.2, 0) is 17.9 Å². The molecule has 0 bridgehead atoms. The number of amides is 1. The van der Waals surface area contributed by atoms with Crippen LogP contribution in [0.5, 0.6) is 0 Å². The average molecular weight is 366 g/mol. The van der Waals surface area contributed by atoms with Crippen molar-refractivity contribution >= 4 is 5.91 Å². The topological polar surface area (TPSA) is 44.4 Å². The highest BCUT2D eigenvalue weighted by Gasteiger charge is 2.15. The normalized spacial score (nSPS) is 17.0. The second kappa shape index (κ2) is 10.9. The van der Waals surface area contributed by atoms with Gasteiger partial charge in [0.2, 0.25) is 5.91 Å². The number of nitrogens with one attached hydrogen (secondary N) is 2. The maximum absolute atomic E-state index is 12.5. The van der Waals surface area contributed by atoms with E-state index in [2.05, 4.69) is 39.8 Å². The van der Waals surface area contributed by atoms with E-state index in [9.17, 15) is 4.79 Å². The van der Waals surface area contributed by atoms with Crippen molar-refractivity contribution in [3.63, 3.8) is 0 Å². The number of hydrogen-bond donors (Lipinski definition) is 2. The molecule has 2 aromatic rings. The lowest BCUT2D eigenvalue weighted by molar-refractivity contribution is -0.122. The van der Waals surface area contributed by atoms with Crippen molar-refractivity contribution < 1.29 is 4.79 Å². The van der Waals surface area contributed by atoms with E-state index in [-0.39, 0.29) is 5.91 Å². The summed E-state index contributed by atoms with van der Waals surface area (Å²) < 4.78 is 0. The Labute approximate surface area is 163 Å². The number of piperidine rings is 1. The van der Waals surface area contributed by atoms with Crippen molar-refractivity contribution in [1.82, 2.24) is 15.5 Å². The van der Waals surface area contributed by atoms with Crippen LogP contribution in [0.3, 0.4) is 0 Å². The van der Waals surface area contributed by atoms with Crippen LogP contribution in [0.4, 0.5) is 0 Å². The second-order valence-electron chi connectivity index (χ2n) is 7.47. The van der Waals surface area contributed by atoms with E-state index >= 15 is 0 Å². The molecule has 4 nitrogen and oxygen atoms in total. The SMILES string of the molecule is O=C(CN(Cc1ccccc1)Cc1ccccc1)NCCC1CCCNC1. The Bertz CT molecular complexity index is 627. The summed E-state index contributed by atoms with van der Waals surface area (Å²) in [6, 6.07) is 20.7. The van der Waals surface area contributed by atoms with Gasteiger partial charge in [-0.3, -0.25) is 9.69 Å². The standard InChI is InChI=1S/C23H31N3O/c27-23(25-15-13-20-12-7-14-24-16-20)19-26(17-21-8-3-1-4-9-21)18-22-10-5-2-6-11-22/h1-6,8-11,20,24H,7,12-19H2,(H,25,27). The van der Waals surface area contributed by atoms with Crippen molar-refractivity contribution in [3.05, 3.63) is 71.8 Å². The number of hydrogen-bond acceptors (Lipinski definition) is 3. The predicted octanol–water partition coefficient (Wildman–Crippen LogP) is 3.19. The Kier molecular flexibility index (Phi) is 7.87. The molecule has 0 aromatic heterocycles. The first-order valence-corrected chi connectivity index (χ1v) is 10.1. The summed E-state index contributed by atoms with van der Waals surface area (Å²) >= 11 is 0. The highest BCUT2D eigenvalue weighted by atomic mass is 16.2. The summed E-state index contributed by atoms with van der Waals surface area (Å²) in [7, 11) is 0. The van der Waals surface area contributed by atoms with E-state index < -0.39 is 0 Å². The van der Waals surface area contributed by atoms with Gasteiger partial charge < -0.3 is 10.6 Å². The highest BCUT2D eigenvalue weighted by Crippen LogP contribution is 2.13. The van der Waals surface area contributed by atoms with Crippen LogP contribution >= 0.6 is 0 Å². The minimum absolute atomic E-state index is 0.116. The van der Waals surface area contributed by atoms with Gasteiger partial charge in [0.05, 0.1) is 6.54 Å². The van der Waals surface area contributed by atoms with Crippen LogP contribution in [0.2, 0.25) is 0 Å². The van der Waals surface area contributed by atoms with Crippen molar-refractivity contribution in [3.8, 4) is 0 Å². The fourth-order valence-corrected chi connectivity index (χ4v) is 3.70. The smallest absolute Gasteiger partial charge is 0.234 e. The first kappa shape index (κ1) is 19.6. The van der Waals surface area contributed by atoms with Crippen LogP contribution in [0.1, 0.15) is 30.4 Å². The Morgan fingerprint density at radius 1 is 1.00 bits per heavy atom. The molecule has 4 heteroatoms. The van der Waals surface area contributed by atoms with Crippen molar-refractivity contribution in [1.29, 1.82) is 0 Å². The van der Waals surface area contributed by atoms with E-state index in [0.29, 0.717) is 12.5 Å². The third-order valence-corrected chi connectivity index (χ3v) is 5.14. The summed E-state index contributed by atoms with van der Waals surface area (Å²) in [5.74, 6) is 0.814. The van der Waals surface area contributed by atoms with Gasteiger partial charge in [-0.2, -0.15) is 0 Å². The first-order valence-electron chi connectivity index (χ1n) is 10.1. The Hall–Kier alpha value is -2.17. The number of carbonyl (C=O) groups excluding carboxylic acids is 1. The van der Waals surface area contributed by atoms with Gasteiger partial charge in [0, 0.05) is 19.6 Å². The van der Waals surface area contributed by atoms with Gasteiger partial charge in [0.1, 0.15) is 0 Å². The molecule has 0 aliphatic carbocycles. The molecule has 27 heavy (non-hydrogen) atoms. The van der Waals surface area contributed by atoms with Gasteiger partial charge in [-0.05, 0) is 49.4 Å². The minimum atomic E-state index is 0.116. The summed E-state index contributed by atoms with van der Waals surface area (Å²) in [6.45, 7) is 4.97. The van der Waals surface area contributed by atoms with Crippen LogP contribution in [-0.4, -0.2) is 37.0 Å². The second-order valence-corrected chi connectivity index (χ2v) is 7.47. The van der Waals surface area contributed by atoms with Crippen LogP contribution in [0, 0.1) is 5.92 Å². The molecule has 1 aliphatic heterocycles. The molecule has 1 saturated heterocycles. The molecule has 1 unspecified atom stereocenters. The van der Waals surface area contributed by atoms with E-state index in [4.69, 9.17) is 0 Å². The van der Waals surface area contributed by atoms with Gasteiger partial charge >= 0.3 is 0 Å². The lowest BCUT2D eigenvalue weighted by atomic mass is 9.96. The molecule has 1 aliphatic rings. The number of nitrogens with zero attached hydrogens (tertiary/aromatic N) is 1. The van der Waals surface area contributed by atoms with Crippen LogP contribution < -0.4 is 10.6 Å². The Balaban J connectivity index is 1.50. The molecule has 144 valence electrons. The predicted molar refractivity (Wildman–Crippen MR) is 110 cm³/mol. The van der Waals surface area contributed by atoms with Crippen molar-refractivity contribution in [2.45, 2.75) is 32.4 Å². The van der Waals surface area contributed by atoms with Crippen molar-refractivity contribution in [2.24, 2.45) is 5.92 Å². The zero-order chi connectivity index (χ0) is 18.7. The van der Waals surface area contributed by atoms with Gasteiger partial charge in [0.25, 0.3) is 0 Å². The Morgan fingerprint density at radius 3 is 2.19 bits per heavy atom. The van der Waals surface area contributed by atoms with Gasteiger partial charge in [-0.1, -0.05) is 60.7 Å². The van der Waals surface area contributed by atoms with Gasteiger partial charge in [0.15, 0.2) is 0 Å². The van der Waals surface area contributed by atoms with E-state index in [0.717, 1.165) is 39.1 Å². The first-order chi connectivity index (χ1) is 13.3. The monoisotopic (exact) mass is 365 g/mol. The molecular formula is C23H31N3O. The molecule has 2 N–H and O–H groups in total. The molecule has 2 aromatic carbocycles. The van der Waals surface area contributed by atoms with E-state index in [1.165, 1.54) is 24.0 Å². The maximum Gasteiger partial charge on any atom is 0.234 e. The summed E-state index contributed by atoms with van der Waals surface area (Å²) in [4.78, 5) is 14.7. The zero-order valence-corrected chi connectivity index (χ0v) is 16.1. The van der Waals surface area contributed by atoms with Crippen molar-refractivity contribution in [2.75, 3.05) is 26.2 Å². The molecule has 0 saturated carbocycles. The summed E-state index contributed by atoms with van der Waals surface area (Å²) in [5, 5.41) is 6.56. The third-order valence-electron chi connectivity index (χ3n) is 5.14. The third kappa shape index (κ3) is 7.16. The molecular weight excluding hydrogens is 334 g/mol.